The van der Waals surface area contributed by atoms with Crippen LogP contribution < -0.4 is 9.80 Å². The Hall–Kier alpha value is -3.52. The Bertz CT molecular complexity index is 1190. The van der Waals surface area contributed by atoms with Crippen LogP contribution in [0.3, 0.4) is 0 Å². The maximum absolute atomic E-state index is 4.28. The predicted octanol–water partition coefficient (Wildman–Crippen LogP) is 10.5. The molecule has 0 unspecified atom stereocenters. The summed E-state index contributed by atoms with van der Waals surface area (Å²) in [6.45, 7) is 15.7. The Morgan fingerprint density at radius 1 is 1.03 bits per heavy atom. The fourth-order valence-corrected chi connectivity index (χ4v) is 5.10. The molecule has 0 radical (unpaired) electrons. The molecule has 0 saturated heterocycles. The quantitative estimate of drug-likeness (QED) is 0.188. The molecule has 39 heavy (non-hydrogen) atoms. The summed E-state index contributed by atoms with van der Waals surface area (Å²) >= 11 is 0. The Kier molecular flexibility index (Phi) is 12.2. The first-order valence-corrected chi connectivity index (χ1v) is 14.6. The minimum absolute atomic E-state index is 0.860. The summed E-state index contributed by atoms with van der Waals surface area (Å²) in [5.74, 6) is 0. The molecule has 0 heterocycles. The van der Waals surface area contributed by atoms with Crippen LogP contribution in [0.4, 0.5) is 11.4 Å². The van der Waals surface area contributed by atoms with Crippen LogP contribution in [0.25, 0.3) is 0 Å². The first kappa shape index (κ1) is 30.0. The van der Waals surface area contributed by atoms with E-state index in [1.54, 1.807) is 0 Å². The molecule has 2 aliphatic rings. The van der Waals surface area contributed by atoms with E-state index in [9.17, 15) is 0 Å². The SMILES string of the molecule is C=CCC/C(=C\C)N(C1=CC=CCC1)c1ccc(N(C)C\C=C/C(C)=C(/C=C2/C=CCCC2=C)CCC)cc1. The van der Waals surface area contributed by atoms with Gasteiger partial charge in [0.25, 0.3) is 0 Å². The van der Waals surface area contributed by atoms with E-state index in [2.05, 4.69) is 130 Å². The first-order chi connectivity index (χ1) is 19.0. The van der Waals surface area contributed by atoms with E-state index >= 15 is 0 Å². The van der Waals surface area contributed by atoms with Gasteiger partial charge >= 0.3 is 0 Å². The van der Waals surface area contributed by atoms with E-state index in [1.165, 1.54) is 45.1 Å². The molecule has 0 spiro atoms. The lowest BCUT2D eigenvalue weighted by Crippen LogP contribution is -2.23. The van der Waals surface area contributed by atoms with Gasteiger partial charge in [0.2, 0.25) is 0 Å². The van der Waals surface area contributed by atoms with Crippen molar-refractivity contribution in [3.8, 4) is 0 Å². The summed E-state index contributed by atoms with van der Waals surface area (Å²) in [5, 5.41) is 0. The number of benzene rings is 1. The van der Waals surface area contributed by atoms with E-state index < -0.39 is 0 Å². The molecule has 1 aromatic rings. The molecular formula is C37H48N2. The van der Waals surface area contributed by atoms with Crippen LogP contribution >= 0.6 is 0 Å². The van der Waals surface area contributed by atoms with Gasteiger partial charge in [-0.3, -0.25) is 0 Å². The average molecular weight is 521 g/mol. The number of nitrogens with zero attached hydrogens (tertiary/aromatic N) is 2. The summed E-state index contributed by atoms with van der Waals surface area (Å²) in [5.41, 5.74) is 10.4. The second-order valence-corrected chi connectivity index (χ2v) is 10.5. The molecule has 0 aromatic heterocycles. The standard InChI is InChI=1S/C37H48N2/c1-7-10-21-34(9-3)39(36-22-12-11-13-23-36)37-26-24-35(25-27-37)38(6)28-16-19-31(5)32(17-8-2)29-33-20-15-14-18-30(33)4/h7,9,11-12,15-16,19-20,22,24-27,29H,1,4,8,10,13-14,17-18,21,23,28H2,2-3,5-6H3/b19-16-,32-31+,33-29-,34-9+. The number of likely N-dealkylation sites (N-methyl/N-ethyl adjacent to an activating group) is 1. The van der Waals surface area contributed by atoms with Gasteiger partial charge < -0.3 is 9.80 Å². The first-order valence-electron chi connectivity index (χ1n) is 14.6. The Labute approximate surface area is 238 Å². The zero-order valence-corrected chi connectivity index (χ0v) is 24.8. The van der Waals surface area contributed by atoms with Crippen LogP contribution in [0, 0.1) is 0 Å². The molecule has 0 aliphatic heterocycles. The number of anilines is 2. The van der Waals surface area contributed by atoms with Gasteiger partial charge in [0, 0.05) is 36.4 Å². The maximum Gasteiger partial charge on any atom is 0.0456 e. The fourth-order valence-electron chi connectivity index (χ4n) is 5.10. The molecule has 0 bridgehead atoms. The number of hydrogen-bond donors (Lipinski definition) is 0. The highest BCUT2D eigenvalue weighted by atomic mass is 15.2. The van der Waals surface area contributed by atoms with Crippen LogP contribution in [-0.4, -0.2) is 13.6 Å². The van der Waals surface area contributed by atoms with Crippen molar-refractivity contribution in [2.75, 3.05) is 23.4 Å². The van der Waals surface area contributed by atoms with Gasteiger partial charge in [-0.1, -0.05) is 74.6 Å². The highest BCUT2D eigenvalue weighted by molar-refractivity contribution is 5.63. The van der Waals surface area contributed by atoms with E-state index in [0.29, 0.717) is 0 Å². The second kappa shape index (κ2) is 15.8. The zero-order chi connectivity index (χ0) is 28.0. The smallest absolute Gasteiger partial charge is 0.0456 e. The molecule has 0 N–H and O–H groups in total. The molecule has 206 valence electrons. The number of hydrogen-bond acceptors (Lipinski definition) is 2. The van der Waals surface area contributed by atoms with Crippen LogP contribution in [0.5, 0.6) is 0 Å². The lowest BCUT2D eigenvalue weighted by atomic mass is 9.93. The second-order valence-electron chi connectivity index (χ2n) is 10.5. The predicted molar refractivity (Wildman–Crippen MR) is 174 cm³/mol. The van der Waals surface area contributed by atoms with E-state index in [1.807, 2.05) is 6.08 Å². The van der Waals surface area contributed by atoms with Crippen molar-refractivity contribution < 1.29 is 0 Å². The molecule has 2 heteroatoms. The molecular weight excluding hydrogens is 472 g/mol. The molecule has 0 saturated carbocycles. The molecule has 2 nitrogen and oxygen atoms in total. The van der Waals surface area contributed by atoms with E-state index in [0.717, 1.165) is 57.9 Å². The van der Waals surface area contributed by atoms with Gasteiger partial charge in [-0.15, -0.1) is 6.58 Å². The van der Waals surface area contributed by atoms with Crippen molar-refractivity contribution in [3.05, 3.63) is 132 Å². The molecule has 0 atom stereocenters. The van der Waals surface area contributed by atoms with Crippen molar-refractivity contribution in [3.63, 3.8) is 0 Å². The molecule has 1 aromatic carbocycles. The topological polar surface area (TPSA) is 6.48 Å². The van der Waals surface area contributed by atoms with Gasteiger partial charge in [-0.25, -0.2) is 0 Å². The third kappa shape index (κ3) is 8.75. The molecule has 2 aliphatic carbocycles. The Morgan fingerprint density at radius 2 is 1.77 bits per heavy atom. The largest absolute Gasteiger partial charge is 0.371 e. The summed E-state index contributed by atoms with van der Waals surface area (Å²) < 4.78 is 0. The van der Waals surface area contributed by atoms with Crippen LogP contribution in [0.15, 0.2) is 132 Å². The van der Waals surface area contributed by atoms with Gasteiger partial charge in [0.15, 0.2) is 0 Å². The molecule has 3 rings (SSSR count). The van der Waals surface area contributed by atoms with Gasteiger partial charge in [-0.2, -0.15) is 0 Å². The van der Waals surface area contributed by atoms with Gasteiger partial charge in [0.1, 0.15) is 0 Å². The highest BCUT2D eigenvalue weighted by Crippen LogP contribution is 2.32. The van der Waals surface area contributed by atoms with Crippen LogP contribution in [-0.2, 0) is 0 Å². The van der Waals surface area contributed by atoms with Crippen molar-refractivity contribution in [1.82, 2.24) is 0 Å². The van der Waals surface area contributed by atoms with E-state index in [-0.39, 0.29) is 0 Å². The fraction of sp³-hybridized carbons (Fsp3) is 0.351. The maximum atomic E-state index is 4.28. The van der Waals surface area contributed by atoms with Gasteiger partial charge in [0.05, 0.1) is 0 Å². The van der Waals surface area contributed by atoms with E-state index in [4.69, 9.17) is 0 Å². The van der Waals surface area contributed by atoms with Crippen molar-refractivity contribution in [2.45, 2.75) is 72.1 Å². The summed E-state index contributed by atoms with van der Waals surface area (Å²) in [4.78, 5) is 4.74. The summed E-state index contributed by atoms with van der Waals surface area (Å²) in [6, 6.07) is 9.00. The van der Waals surface area contributed by atoms with Crippen LogP contribution in [0.1, 0.15) is 72.1 Å². The van der Waals surface area contributed by atoms with Crippen molar-refractivity contribution in [1.29, 1.82) is 0 Å². The average Bonchev–Trinajstić information content (AvgIpc) is 2.96. The zero-order valence-electron chi connectivity index (χ0n) is 24.8. The lowest BCUT2D eigenvalue weighted by Gasteiger charge is -2.31. The lowest BCUT2D eigenvalue weighted by molar-refractivity contribution is 0.842. The third-order valence-corrected chi connectivity index (χ3v) is 7.47. The monoisotopic (exact) mass is 520 g/mol. The highest BCUT2D eigenvalue weighted by Gasteiger charge is 2.17. The Morgan fingerprint density at radius 3 is 2.41 bits per heavy atom. The molecule has 0 fully saturated rings. The van der Waals surface area contributed by atoms with Crippen molar-refractivity contribution in [2.24, 2.45) is 0 Å². The Balaban J connectivity index is 1.74. The van der Waals surface area contributed by atoms with Crippen molar-refractivity contribution >= 4 is 11.4 Å². The minimum atomic E-state index is 0.860. The number of rotatable bonds is 13. The molecule has 0 amide bonds. The summed E-state index contributed by atoms with van der Waals surface area (Å²) in [7, 11) is 2.16. The van der Waals surface area contributed by atoms with Crippen LogP contribution in [0.2, 0.25) is 0 Å². The van der Waals surface area contributed by atoms with Gasteiger partial charge in [-0.05, 0) is 111 Å². The normalized spacial score (nSPS) is 17.4. The summed E-state index contributed by atoms with van der Waals surface area (Å²) in [6.07, 6.45) is 30.8. The number of allylic oxidation sites excluding steroid dienone is 15. The minimum Gasteiger partial charge on any atom is -0.371 e. The third-order valence-electron chi connectivity index (χ3n) is 7.47.